The van der Waals surface area contributed by atoms with E-state index in [1.165, 1.54) is 0 Å². The zero-order chi connectivity index (χ0) is 24.5. The molecule has 7 heteroatoms. The number of aliphatic carboxylic acids is 1. The number of hydrogen-bond acceptors (Lipinski definition) is 6. The summed E-state index contributed by atoms with van der Waals surface area (Å²) < 4.78 is 5.16. The zero-order valence-corrected chi connectivity index (χ0v) is 20.1. The minimum absolute atomic E-state index is 0.204. The number of carbonyl (C=O) groups is 2. The number of phenolic OH excluding ortho intramolecular Hbond substituents is 3. The summed E-state index contributed by atoms with van der Waals surface area (Å²) in [7, 11) is 0. The van der Waals surface area contributed by atoms with E-state index < -0.39 is 17.1 Å². The third-order valence-corrected chi connectivity index (χ3v) is 6.92. The van der Waals surface area contributed by atoms with E-state index in [4.69, 9.17) is 9.84 Å². The molecule has 1 fully saturated rings. The van der Waals surface area contributed by atoms with E-state index in [2.05, 4.69) is 0 Å². The van der Waals surface area contributed by atoms with Crippen molar-refractivity contribution in [1.82, 2.24) is 0 Å². The first-order valence-electron chi connectivity index (χ1n) is 12.2. The lowest BCUT2D eigenvalue weighted by molar-refractivity contribution is -0.147. The van der Waals surface area contributed by atoms with Crippen LogP contribution in [0.5, 0.6) is 17.2 Å². The summed E-state index contributed by atoms with van der Waals surface area (Å²) in [5.41, 5.74) is 0.363. The molecule has 33 heavy (non-hydrogen) atoms. The number of ether oxygens (including phenoxy) is 1. The van der Waals surface area contributed by atoms with Crippen molar-refractivity contribution in [2.24, 2.45) is 5.41 Å². The standard InChI is InChI=1S/C26H40O7/c1-25(2,24(31)32)13-9-5-3-7-11-19-17-20(22(29)23(30)21(19)28)12-8-4-6-10-14-26(15-16-26)33-18-27/h17-18,28-30H,3-16H2,1-2H3,(H,31,32). The highest BCUT2D eigenvalue weighted by Gasteiger charge is 2.44. The fourth-order valence-corrected chi connectivity index (χ4v) is 4.27. The summed E-state index contributed by atoms with van der Waals surface area (Å²) in [5.74, 6) is -1.73. The van der Waals surface area contributed by atoms with Gasteiger partial charge in [0.25, 0.3) is 6.47 Å². The van der Waals surface area contributed by atoms with Crippen molar-refractivity contribution >= 4 is 12.4 Å². The summed E-state index contributed by atoms with van der Waals surface area (Å²) in [6, 6.07) is 1.79. The van der Waals surface area contributed by atoms with Gasteiger partial charge in [-0.05, 0) is 88.8 Å². The smallest absolute Gasteiger partial charge is 0.309 e. The van der Waals surface area contributed by atoms with Crippen molar-refractivity contribution in [1.29, 1.82) is 0 Å². The van der Waals surface area contributed by atoms with Gasteiger partial charge < -0.3 is 25.2 Å². The molecule has 1 aromatic rings. The molecule has 2 rings (SSSR count). The number of phenols is 3. The van der Waals surface area contributed by atoms with Crippen LogP contribution in [0, 0.1) is 5.41 Å². The van der Waals surface area contributed by atoms with E-state index in [1.54, 1.807) is 19.9 Å². The van der Waals surface area contributed by atoms with Gasteiger partial charge in [-0.1, -0.05) is 32.1 Å². The molecule has 0 aromatic heterocycles. The second kappa shape index (κ2) is 12.1. The summed E-state index contributed by atoms with van der Waals surface area (Å²) in [6.45, 7) is 4.02. The number of rotatable bonds is 17. The molecule has 0 heterocycles. The highest BCUT2D eigenvalue weighted by Crippen LogP contribution is 2.44. The Bertz CT molecular complexity index is 796. The summed E-state index contributed by atoms with van der Waals surface area (Å²) in [4.78, 5) is 21.7. The van der Waals surface area contributed by atoms with Crippen molar-refractivity contribution in [2.75, 3.05) is 0 Å². The quantitative estimate of drug-likeness (QED) is 0.134. The minimum Gasteiger partial charge on any atom is -0.504 e. The molecule has 0 aliphatic heterocycles. The van der Waals surface area contributed by atoms with Crippen molar-refractivity contribution in [3.63, 3.8) is 0 Å². The zero-order valence-electron chi connectivity index (χ0n) is 20.1. The Labute approximate surface area is 196 Å². The Hall–Kier alpha value is -2.44. The number of carboxylic acids is 1. The molecular weight excluding hydrogens is 424 g/mol. The van der Waals surface area contributed by atoms with Gasteiger partial charge in [-0.15, -0.1) is 0 Å². The molecule has 0 radical (unpaired) electrons. The lowest BCUT2D eigenvalue weighted by Gasteiger charge is -2.18. The van der Waals surface area contributed by atoms with E-state index in [-0.39, 0.29) is 17.1 Å². The average Bonchev–Trinajstić information content (AvgIpc) is 3.53. The maximum Gasteiger partial charge on any atom is 0.309 e. The first-order valence-corrected chi connectivity index (χ1v) is 12.2. The molecular formula is C26H40O7. The van der Waals surface area contributed by atoms with Gasteiger partial charge >= 0.3 is 5.97 Å². The van der Waals surface area contributed by atoms with Crippen LogP contribution >= 0.6 is 0 Å². The third-order valence-electron chi connectivity index (χ3n) is 6.92. The first-order chi connectivity index (χ1) is 15.6. The predicted molar refractivity (Wildman–Crippen MR) is 126 cm³/mol. The molecule has 0 saturated heterocycles. The summed E-state index contributed by atoms with van der Waals surface area (Å²) in [6.07, 6.45) is 11.9. The molecule has 1 aromatic carbocycles. The minimum atomic E-state index is -0.779. The van der Waals surface area contributed by atoms with Gasteiger partial charge in [-0.2, -0.15) is 0 Å². The van der Waals surface area contributed by atoms with Crippen LogP contribution in [0.25, 0.3) is 0 Å². The van der Waals surface area contributed by atoms with E-state index in [1.807, 2.05) is 0 Å². The molecule has 0 unspecified atom stereocenters. The van der Waals surface area contributed by atoms with E-state index in [9.17, 15) is 24.9 Å². The highest BCUT2D eigenvalue weighted by molar-refractivity contribution is 5.73. The van der Waals surface area contributed by atoms with Gasteiger partial charge in [0.2, 0.25) is 5.75 Å². The number of carbonyl (C=O) groups excluding carboxylic acids is 1. The Morgan fingerprint density at radius 1 is 0.909 bits per heavy atom. The third kappa shape index (κ3) is 8.13. The summed E-state index contributed by atoms with van der Waals surface area (Å²) >= 11 is 0. The van der Waals surface area contributed by atoms with Crippen LogP contribution in [0.1, 0.15) is 102 Å². The van der Waals surface area contributed by atoms with Crippen LogP contribution in [0.4, 0.5) is 0 Å². The largest absolute Gasteiger partial charge is 0.504 e. The van der Waals surface area contributed by atoms with E-state index in [0.717, 1.165) is 70.6 Å². The molecule has 0 spiro atoms. The maximum absolute atomic E-state index is 11.2. The van der Waals surface area contributed by atoms with Gasteiger partial charge in [0, 0.05) is 0 Å². The molecule has 0 bridgehead atoms. The van der Waals surface area contributed by atoms with E-state index in [0.29, 0.717) is 36.9 Å². The number of hydrogen-bond donors (Lipinski definition) is 4. The molecule has 1 aliphatic carbocycles. The summed E-state index contributed by atoms with van der Waals surface area (Å²) in [5, 5.41) is 39.8. The van der Waals surface area contributed by atoms with Crippen LogP contribution < -0.4 is 0 Å². The molecule has 1 saturated carbocycles. The fraction of sp³-hybridized carbons (Fsp3) is 0.692. The fourth-order valence-electron chi connectivity index (χ4n) is 4.27. The van der Waals surface area contributed by atoms with Gasteiger partial charge in [0.05, 0.1) is 5.41 Å². The molecule has 7 nitrogen and oxygen atoms in total. The number of unbranched alkanes of at least 4 members (excludes halogenated alkanes) is 6. The van der Waals surface area contributed by atoms with Gasteiger partial charge in [0.15, 0.2) is 11.5 Å². The highest BCUT2D eigenvalue weighted by atomic mass is 16.5. The number of carboxylic acid groups (broad SMARTS) is 1. The van der Waals surface area contributed by atoms with Crippen LogP contribution in [0.15, 0.2) is 6.07 Å². The van der Waals surface area contributed by atoms with Crippen LogP contribution in [-0.2, 0) is 27.2 Å². The van der Waals surface area contributed by atoms with Crippen LogP contribution in [0.2, 0.25) is 0 Å². The normalized spacial score (nSPS) is 14.7. The number of benzene rings is 1. The Morgan fingerprint density at radius 3 is 1.91 bits per heavy atom. The molecule has 4 N–H and O–H groups in total. The molecule has 186 valence electrons. The van der Waals surface area contributed by atoms with E-state index >= 15 is 0 Å². The Kier molecular flexibility index (Phi) is 9.87. The van der Waals surface area contributed by atoms with Crippen molar-refractivity contribution < 1.29 is 34.8 Å². The first kappa shape index (κ1) is 26.8. The van der Waals surface area contributed by atoms with Crippen molar-refractivity contribution in [3.8, 4) is 17.2 Å². The van der Waals surface area contributed by atoms with Gasteiger partial charge in [-0.3, -0.25) is 9.59 Å². The Morgan fingerprint density at radius 2 is 1.42 bits per heavy atom. The van der Waals surface area contributed by atoms with Gasteiger partial charge in [-0.25, -0.2) is 0 Å². The topological polar surface area (TPSA) is 124 Å². The number of aryl methyl sites for hydroxylation is 2. The second-order valence-electron chi connectivity index (χ2n) is 10.2. The predicted octanol–water partition coefficient (Wildman–Crippen LogP) is 5.61. The average molecular weight is 465 g/mol. The Balaban J connectivity index is 1.73. The maximum atomic E-state index is 11.2. The lowest BCUT2D eigenvalue weighted by atomic mass is 9.87. The van der Waals surface area contributed by atoms with Crippen LogP contribution in [0.3, 0.4) is 0 Å². The van der Waals surface area contributed by atoms with Crippen LogP contribution in [-0.4, -0.2) is 38.5 Å². The molecule has 0 amide bonds. The number of aromatic hydroxyl groups is 3. The molecule has 1 aliphatic rings. The lowest BCUT2D eigenvalue weighted by Crippen LogP contribution is -2.23. The second-order valence-corrected chi connectivity index (χ2v) is 10.2. The monoisotopic (exact) mass is 464 g/mol. The SMILES string of the molecule is CC(C)(CCCCCCc1cc(CCCCCCC2(OC=O)CC2)c(O)c(O)c1O)C(=O)O. The van der Waals surface area contributed by atoms with Crippen molar-refractivity contribution in [2.45, 2.75) is 109 Å². The molecule has 0 atom stereocenters. The van der Waals surface area contributed by atoms with Gasteiger partial charge in [0.1, 0.15) is 5.60 Å². The van der Waals surface area contributed by atoms with Crippen molar-refractivity contribution in [3.05, 3.63) is 17.2 Å².